The molecule has 1 fully saturated rings. The zero-order chi connectivity index (χ0) is 11.4. The molecule has 1 aliphatic rings. The van der Waals surface area contributed by atoms with Gasteiger partial charge >= 0.3 is 0 Å². The maximum absolute atomic E-state index is 11.4. The molecule has 1 N–H and O–H groups in total. The third-order valence-electron chi connectivity index (χ3n) is 3.39. The van der Waals surface area contributed by atoms with Crippen molar-refractivity contribution in [2.45, 2.75) is 39.2 Å². The molecule has 0 unspecified atom stereocenters. The smallest absolute Gasteiger partial charge is 0.250 e. The van der Waals surface area contributed by atoms with Crippen molar-refractivity contribution in [3.8, 4) is 0 Å². The Morgan fingerprint density at radius 1 is 1.38 bits per heavy atom. The standard InChI is InChI=1S/C13H20N2O/c1-2-15-10-12(7-8-13(15)16)14-9-11-5-3-4-6-11/h7-8,10-11,14H,2-6,9H2,1H3. The van der Waals surface area contributed by atoms with Gasteiger partial charge in [-0.15, -0.1) is 0 Å². The molecule has 16 heavy (non-hydrogen) atoms. The molecular weight excluding hydrogens is 200 g/mol. The maximum atomic E-state index is 11.4. The summed E-state index contributed by atoms with van der Waals surface area (Å²) in [6.07, 6.45) is 7.36. The largest absolute Gasteiger partial charge is 0.384 e. The second-order valence-corrected chi connectivity index (χ2v) is 4.57. The van der Waals surface area contributed by atoms with E-state index >= 15 is 0 Å². The van der Waals surface area contributed by atoms with Gasteiger partial charge in [-0.25, -0.2) is 0 Å². The van der Waals surface area contributed by atoms with Crippen molar-refractivity contribution in [1.29, 1.82) is 0 Å². The van der Waals surface area contributed by atoms with E-state index < -0.39 is 0 Å². The number of nitrogens with one attached hydrogen (secondary N) is 1. The third kappa shape index (κ3) is 2.65. The minimum atomic E-state index is 0.0777. The van der Waals surface area contributed by atoms with Gasteiger partial charge in [0.05, 0.1) is 5.69 Å². The predicted octanol–water partition coefficient (Wildman–Crippen LogP) is 2.47. The Labute approximate surface area is 96.5 Å². The van der Waals surface area contributed by atoms with Crippen LogP contribution in [0.1, 0.15) is 32.6 Å². The van der Waals surface area contributed by atoms with E-state index in [-0.39, 0.29) is 5.56 Å². The summed E-state index contributed by atoms with van der Waals surface area (Å²) < 4.78 is 1.73. The van der Waals surface area contributed by atoms with Crippen molar-refractivity contribution in [1.82, 2.24) is 4.57 Å². The first kappa shape index (κ1) is 11.2. The van der Waals surface area contributed by atoms with E-state index in [0.29, 0.717) is 0 Å². The van der Waals surface area contributed by atoms with Gasteiger partial charge in [0.1, 0.15) is 0 Å². The zero-order valence-corrected chi connectivity index (χ0v) is 9.91. The molecule has 3 heteroatoms. The molecule has 0 atom stereocenters. The summed E-state index contributed by atoms with van der Waals surface area (Å²) in [4.78, 5) is 11.4. The van der Waals surface area contributed by atoms with Gasteiger partial charge in [-0.2, -0.15) is 0 Å². The highest BCUT2D eigenvalue weighted by Crippen LogP contribution is 2.24. The summed E-state index contributed by atoms with van der Waals surface area (Å²) in [6.45, 7) is 3.77. The first-order valence-electron chi connectivity index (χ1n) is 6.24. The van der Waals surface area contributed by atoms with Gasteiger partial charge in [-0.1, -0.05) is 12.8 Å². The van der Waals surface area contributed by atoms with E-state index in [1.165, 1.54) is 25.7 Å². The Morgan fingerprint density at radius 3 is 2.81 bits per heavy atom. The second kappa shape index (κ2) is 5.19. The summed E-state index contributed by atoms with van der Waals surface area (Å²) in [5.41, 5.74) is 1.14. The topological polar surface area (TPSA) is 34.0 Å². The fourth-order valence-electron chi connectivity index (χ4n) is 2.36. The van der Waals surface area contributed by atoms with E-state index in [9.17, 15) is 4.79 Å². The summed E-state index contributed by atoms with van der Waals surface area (Å²) in [5, 5.41) is 3.43. The van der Waals surface area contributed by atoms with Gasteiger partial charge < -0.3 is 9.88 Å². The Balaban J connectivity index is 1.95. The first-order valence-corrected chi connectivity index (χ1v) is 6.24. The van der Waals surface area contributed by atoms with Gasteiger partial charge in [0.25, 0.3) is 5.56 Å². The molecule has 0 aliphatic heterocycles. The van der Waals surface area contributed by atoms with Crippen molar-refractivity contribution < 1.29 is 0 Å². The highest BCUT2D eigenvalue weighted by molar-refractivity contribution is 5.40. The Bertz CT molecular complexity index is 391. The van der Waals surface area contributed by atoms with Crippen LogP contribution in [0, 0.1) is 5.92 Å². The lowest BCUT2D eigenvalue weighted by atomic mass is 10.1. The molecule has 1 aromatic heterocycles. The number of aromatic nitrogens is 1. The molecule has 1 aromatic rings. The van der Waals surface area contributed by atoms with E-state index in [4.69, 9.17) is 0 Å². The molecule has 0 spiro atoms. The number of hydrogen-bond donors (Lipinski definition) is 1. The van der Waals surface area contributed by atoms with E-state index in [1.807, 2.05) is 19.2 Å². The van der Waals surface area contributed by atoms with Crippen LogP contribution in [0.2, 0.25) is 0 Å². The van der Waals surface area contributed by atoms with Gasteiger partial charge in [0.15, 0.2) is 0 Å². The van der Waals surface area contributed by atoms with Crippen LogP contribution < -0.4 is 10.9 Å². The van der Waals surface area contributed by atoms with Crippen LogP contribution in [0.3, 0.4) is 0 Å². The lowest BCUT2D eigenvalue weighted by Crippen LogP contribution is -2.19. The predicted molar refractivity (Wildman–Crippen MR) is 66.8 cm³/mol. The molecule has 1 saturated carbocycles. The summed E-state index contributed by atoms with van der Waals surface area (Å²) >= 11 is 0. The van der Waals surface area contributed by atoms with Gasteiger partial charge in [0.2, 0.25) is 0 Å². The molecule has 1 heterocycles. The van der Waals surface area contributed by atoms with Crippen molar-refractivity contribution in [2.24, 2.45) is 5.92 Å². The number of anilines is 1. The van der Waals surface area contributed by atoms with Crippen molar-refractivity contribution in [2.75, 3.05) is 11.9 Å². The van der Waals surface area contributed by atoms with Crippen LogP contribution in [0.25, 0.3) is 0 Å². The third-order valence-corrected chi connectivity index (χ3v) is 3.39. The molecule has 3 nitrogen and oxygen atoms in total. The Kier molecular flexibility index (Phi) is 3.65. The van der Waals surface area contributed by atoms with Crippen molar-refractivity contribution >= 4 is 5.69 Å². The second-order valence-electron chi connectivity index (χ2n) is 4.57. The van der Waals surface area contributed by atoms with Crippen LogP contribution in [0.15, 0.2) is 23.1 Å². The Hall–Kier alpha value is -1.25. The van der Waals surface area contributed by atoms with E-state index in [2.05, 4.69) is 5.32 Å². The highest BCUT2D eigenvalue weighted by Gasteiger charge is 2.14. The van der Waals surface area contributed by atoms with Gasteiger partial charge in [0, 0.05) is 25.4 Å². The van der Waals surface area contributed by atoms with Crippen LogP contribution in [0.5, 0.6) is 0 Å². The quantitative estimate of drug-likeness (QED) is 0.845. The lowest BCUT2D eigenvalue weighted by molar-refractivity contribution is 0.579. The van der Waals surface area contributed by atoms with Gasteiger partial charge in [-0.3, -0.25) is 4.79 Å². The van der Waals surface area contributed by atoms with Crippen LogP contribution in [-0.4, -0.2) is 11.1 Å². The number of aryl methyl sites for hydroxylation is 1. The molecule has 1 aliphatic carbocycles. The molecule has 0 amide bonds. The zero-order valence-electron chi connectivity index (χ0n) is 9.91. The molecule has 88 valence electrons. The van der Waals surface area contributed by atoms with E-state index in [1.54, 1.807) is 10.6 Å². The van der Waals surface area contributed by atoms with Crippen LogP contribution >= 0.6 is 0 Å². The highest BCUT2D eigenvalue weighted by atomic mass is 16.1. The summed E-state index contributed by atoms with van der Waals surface area (Å²) in [5.74, 6) is 0.821. The summed E-state index contributed by atoms with van der Waals surface area (Å²) in [7, 11) is 0. The molecule has 0 saturated heterocycles. The SMILES string of the molecule is CCn1cc(NCC2CCCC2)ccc1=O. The average molecular weight is 220 g/mol. The normalized spacial score (nSPS) is 16.6. The fourth-order valence-corrected chi connectivity index (χ4v) is 2.36. The Morgan fingerprint density at radius 2 is 2.12 bits per heavy atom. The van der Waals surface area contributed by atoms with E-state index in [0.717, 1.165) is 24.7 Å². The van der Waals surface area contributed by atoms with Gasteiger partial charge in [-0.05, 0) is 31.7 Å². The summed E-state index contributed by atoms with van der Waals surface area (Å²) in [6, 6.07) is 3.52. The van der Waals surface area contributed by atoms with Crippen LogP contribution in [-0.2, 0) is 6.54 Å². The number of hydrogen-bond acceptors (Lipinski definition) is 2. The molecule has 0 aromatic carbocycles. The lowest BCUT2D eigenvalue weighted by Gasteiger charge is -2.12. The fraction of sp³-hybridized carbons (Fsp3) is 0.615. The minimum Gasteiger partial charge on any atom is -0.384 e. The monoisotopic (exact) mass is 220 g/mol. The van der Waals surface area contributed by atoms with Crippen molar-refractivity contribution in [3.63, 3.8) is 0 Å². The number of rotatable bonds is 4. The first-order chi connectivity index (χ1) is 7.79. The number of pyridine rings is 1. The average Bonchev–Trinajstić information content (AvgIpc) is 2.81. The maximum Gasteiger partial charge on any atom is 0.250 e. The molecule has 0 bridgehead atoms. The minimum absolute atomic E-state index is 0.0777. The number of nitrogens with zero attached hydrogens (tertiary/aromatic N) is 1. The van der Waals surface area contributed by atoms with Crippen molar-refractivity contribution in [3.05, 3.63) is 28.7 Å². The van der Waals surface area contributed by atoms with Crippen LogP contribution in [0.4, 0.5) is 5.69 Å². The molecule has 0 radical (unpaired) electrons. The molecule has 2 rings (SSSR count). The molecular formula is C13H20N2O.